The largest absolute Gasteiger partial charge is 0.507 e. The van der Waals surface area contributed by atoms with E-state index < -0.39 is 11.9 Å². The van der Waals surface area contributed by atoms with Crippen molar-refractivity contribution in [3.8, 4) is 5.75 Å². The molecule has 0 bridgehead atoms. The minimum Gasteiger partial charge on any atom is -0.507 e. The molecule has 18 heavy (non-hydrogen) atoms. The summed E-state index contributed by atoms with van der Waals surface area (Å²) >= 11 is 0. The molecule has 1 aliphatic heterocycles. The predicted octanol–water partition coefficient (Wildman–Crippen LogP) is 0.791. The highest BCUT2D eigenvalue weighted by Crippen LogP contribution is 2.25. The number of carbonyl (C=O) groups is 2. The van der Waals surface area contributed by atoms with Crippen LogP contribution in [-0.4, -0.2) is 34.4 Å². The number of phenols is 1. The highest BCUT2D eigenvalue weighted by atomic mass is 16.3. The molecule has 1 aliphatic rings. The SMILES string of the molecule is Cc1ccc(O)c(C(=O)N2CCCC2C(N)=O)c1. The standard InChI is InChI=1S/C13H16N2O3/c1-8-4-5-11(16)9(7-8)13(18)15-6-2-3-10(15)12(14)17/h4-5,7,10,16H,2-3,6H2,1H3,(H2,14,17). The van der Waals surface area contributed by atoms with Gasteiger partial charge in [0.2, 0.25) is 5.91 Å². The van der Waals surface area contributed by atoms with Crippen LogP contribution in [0.4, 0.5) is 0 Å². The molecule has 1 saturated heterocycles. The monoisotopic (exact) mass is 248 g/mol. The molecule has 2 amide bonds. The van der Waals surface area contributed by atoms with Crippen LogP contribution in [-0.2, 0) is 4.79 Å². The smallest absolute Gasteiger partial charge is 0.258 e. The third-order valence-electron chi connectivity index (χ3n) is 3.22. The highest BCUT2D eigenvalue weighted by molar-refractivity contribution is 5.99. The summed E-state index contributed by atoms with van der Waals surface area (Å²) in [5.41, 5.74) is 6.38. The second-order valence-electron chi connectivity index (χ2n) is 4.58. The molecule has 3 N–H and O–H groups in total. The van der Waals surface area contributed by atoms with Crippen LogP contribution >= 0.6 is 0 Å². The van der Waals surface area contributed by atoms with Crippen LogP contribution < -0.4 is 5.73 Å². The Kier molecular flexibility index (Phi) is 3.23. The van der Waals surface area contributed by atoms with E-state index in [1.807, 2.05) is 6.92 Å². The summed E-state index contributed by atoms with van der Waals surface area (Å²) in [5, 5.41) is 9.73. The average Bonchev–Trinajstić information content (AvgIpc) is 2.80. The maximum Gasteiger partial charge on any atom is 0.258 e. The number of aromatic hydroxyl groups is 1. The van der Waals surface area contributed by atoms with E-state index in [1.165, 1.54) is 11.0 Å². The summed E-state index contributed by atoms with van der Waals surface area (Å²) in [5.74, 6) is -0.897. The van der Waals surface area contributed by atoms with Crippen LogP contribution in [0.15, 0.2) is 18.2 Å². The van der Waals surface area contributed by atoms with Gasteiger partial charge >= 0.3 is 0 Å². The van der Waals surface area contributed by atoms with E-state index in [9.17, 15) is 14.7 Å². The molecular weight excluding hydrogens is 232 g/mol. The molecule has 0 radical (unpaired) electrons. The zero-order valence-electron chi connectivity index (χ0n) is 10.2. The van der Waals surface area contributed by atoms with Crippen molar-refractivity contribution in [2.45, 2.75) is 25.8 Å². The average molecular weight is 248 g/mol. The Hall–Kier alpha value is -2.04. The van der Waals surface area contributed by atoms with Crippen molar-refractivity contribution < 1.29 is 14.7 Å². The molecule has 0 aromatic heterocycles. The Balaban J connectivity index is 2.31. The minimum atomic E-state index is -0.558. The molecular formula is C13H16N2O3. The third-order valence-corrected chi connectivity index (χ3v) is 3.22. The first-order valence-corrected chi connectivity index (χ1v) is 5.90. The van der Waals surface area contributed by atoms with Crippen molar-refractivity contribution in [1.29, 1.82) is 0 Å². The molecule has 1 heterocycles. The topological polar surface area (TPSA) is 83.6 Å². The lowest BCUT2D eigenvalue weighted by molar-refractivity contribution is -0.121. The lowest BCUT2D eigenvalue weighted by Gasteiger charge is -2.22. The molecule has 96 valence electrons. The number of hydrogen-bond donors (Lipinski definition) is 2. The van der Waals surface area contributed by atoms with E-state index in [2.05, 4.69) is 0 Å². The first kappa shape index (κ1) is 12.4. The fourth-order valence-corrected chi connectivity index (χ4v) is 2.28. The van der Waals surface area contributed by atoms with Crippen molar-refractivity contribution in [3.63, 3.8) is 0 Å². The molecule has 1 unspecified atom stereocenters. The summed E-state index contributed by atoms with van der Waals surface area (Å²) in [7, 11) is 0. The van der Waals surface area contributed by atoms with Crippen LogP contribution in [0.2, 0.25) is 0 Å². The van der Waals surface area contributed by atoms with Crippen LogP contribution in [0, 0.1) is 6.92 Å². The molecule has 5 heteroatoms. The Morgan fingerprint density at radius 2 is 2.17 bits per heavy atom. The number of carbonyl (C=O) groups excluding carboxylic acids is 2. The highest BCUT2D eigenvalue weighted by Gasteiger charge is 2.33. The molecule has 1 aromatic rings. The van der Waals surface area contributed by atoms with Gasteiger partial charge in [0.1, 0.15) is 11.8 Å². The number of primary amides is 1. The Morgan fingerprint density at radius 1 is 1.44 bits per heavy atom. The predicted molar refractivity (Wildman–Crippen MR) is 66.1 cm³/mol. The first-order valence-electron chi connectivity index (χ1n) is 5.90. The number of benzene rings is 1. The maximum absolute atomic E-state index is 12.3. The van der Waals surface area contributed by atoms with Crippen molar-refractivity contribution in [1.82, 2.24) is 4.90 Å². The number of nitrogens with two attached hydrogens (primary N) is 1. The Morgan fingerprint density at radius 3 is 2.83 bits per heavy atom. The van der Waals surface area contributed by atoms with Gasteiger partial charge in [0.05, 0.1) is 5.56 Å². The summed E-state index contributed by atoms with van der Waals surface area (Å²) in [6, 6.07) is 4.27. The van der Waals surface area contributed by atoms with E-state index >= 15 is 0 Å². The van der Waals surface area contributed by atoms with Crippen LogP contribution in [0.1, 0.15) is 28.8 Å². The summed E-state index contributed by atoms with van der Waals surface area (Å²) in [6.45, 7) is 2.34. The number of amides is 2. The van der Waals surface area contributed by atoms with Gasteiger partial charge in [-0.25, -0.2) is 0 Å². The van der Waals surface area contributed by atoms with Gasteiger partial charge in [0, 0.05) is 6.54 Å². The fraction of sp³-hybridized carbons (Fsp3) is 0.385. The summed E-state index contributed by atoms with van der Waals surface area (Å²) < 4.78 is 0. The van der Waals surface area contributed by atoms with Crippen molar-refractivity contribution in [3.05, 3.63) is 29.3 Å². The van der Waals surface area contributed by atoms with E-state index in [-0.39, 0.29) is 17.2 Å². The molecule has 5 nitrogen and oxygen atoms in total. The molecule has 1 fully saturated rings. The minimum absolute atomic E-state index is 0.0688. The van der Waals surface area contributed by atoms with Crippen LogP contribution in [0.5, 0.6) is 5.75 Å². The van der Waals surface area contributed by atoms with Crippen molar-refractivity contribution >= 4 is 11.8 Å². The van der Waals surface area contributed by atoms with Gasteiger partial charge in [-0.3, -0.25) is 9.59 Å². The zero-order valence-corrected chi connectivity index (χ0v) is 10.2. The quantitative estimate of drug-likeness (QED) is 0.811. The van der Waals surface area contributed by atoms with E-state index in [4.69, 9.17) is 5.73 Å². The number of nitrogens with zero attached hydrogens (tertiary/aromatic N) is 1. The molecule has 0 aliphatic carbocycles. The first-order chi connectivity index (χ1) is 8.50. The molecule has 2 rings (SSSR count). The number of hydrogen-bond acceptors (Lipinski definition) is 3. The maximum atomic E-state index is 12.3. The lowest BCUT2D eigenvalue weighted by atomic mass is 10.1. The molecule has 0 spiro atoms. The van der Waals surface area contributed by atoms with Gasteiger partial charge < -0.3 is 15.7 Å². The van der Waals surface area contributed by atoms with Gasteiger partial charge in [-0.2, -0.15) is 0 Å². The molecule has 1 atom stereocenters. The number of aryl methyl sites for hydroxylation is 1. The van der Waals surface area contributed by atoms with Crippen molar-refractivity contribution in [2.75, 3.05) is 6.54 Å². The number of phenolic OH excluding ortho intramolecular Hbond substituents is 1. The van der Waals surface area contributed by atoms with Gasteiger partial charge in [0.25, 0.3) is 5.91 Å². The fourth-order valence-electron chi connectivity index (χ4n) is 2.28. The Bertz CT molecular complexity index is 499. The number of rotatable bonds is 2. The van der Waals surface area contributed by atoms with Gasteiger partial charge in [-0.15, -0.1) is 0 Å². The molecule has 0 saturated carbocycles. The summed E-state index contributed by atoms with van der Waals surface area (Å²) in [4.78, 5) is 25.0. The third kappa shape index (κ3) is 2.16. The second kappa shape index (κ2) is 4.68. The van der Waals surface area contributed by atoms with Crippen molar-refractivity contribution in [2.24, 2.45) is 5.73 Å². The lowest BCUT2D eigenvalue weighted by Crippen LogP contribution is -2.43. The van der Waals surface area contributed by atoms with Crippen LogP contribution in [0.25, 0.3) is 0 Å². The van der Waals surface area contributed by atoms with Crippen LogP contribution in [0.3, 0.4) is 0 Å². The van der Waals surface area contributed by atoms with Gasteiger partial charge in [-0.1, -0.05) is 11.6 Å². The van der Waals surface area contributed by atoms with E-state index in [1.54, 1.807) is 12.1 Å². The van der Waals surface area contributed by atoms with E-state index in [0.717, 1.165) is 12.0 Å². The summed E-state index contributed by atoms with van der Waals surface area (Å²) in [6.07, 6.45) is 1.35. The normalized spacial score (nSPS) is 18.9. The van der Waals surface area contributed by atoms with Gasteiger partial charge in [-0.05, 0) is 31.9 Å². The van der Waals surface area contributed by atoms with Gasteiger partial charge in [0.15, 0.2) is 0 Å². The molecule has 1 aromatic carbocycles. The number of likely N-dealkylation sites (tertiary alicyclic amines) is 1. The second-order valence-corrected chi connectivity index (χ2v) is 4.58. The van der Waals surface area contributed by atoms with E-state index in [0.29, 0.717) is 13.0 Å². The Labute approximate surface area is 105 Å². The zero-order chi connectivity index (χ0) is 13.3.